The first-order chi connectivity index (χ1) is 9.75. The molecule has 0 amide bonds. The van der Waals surface area contributed by atoms with Crippen LogP contribution in [0.3, 0.4) is 0 Å². The molecule has 3 nitrogen and oxygen atoms in total. The number of hydrogen-bond donors (Lipinski definition) is 1. The van der Waals surface area contributed by atoms with Gasteiger partial charge in [-0.05, 0) is 18.6 Å². The van der Waals surface area contributed by atoms with Crippen molar-refractivity contribution in [1.82, 2.24) is 0 Å². The number of nitrogens with zero attached hydrogens (tertiary/aromatic N) is 1. The number of benzene rings is 1. The van der Waals surface area contributed by atoms with Crippen LogP contribution >= 0.6 is 0 Å². The van der Waals surface area contributed by atoms with Gasteiger partial charge in [0.05, 0.1) is 5.69 Å². The van der Waals surface area contributed by atoms with E-state index >= 15 is 0 Å². The van der Waals surface area contributed by atoms with Crippen molar-refractivity contribution in [3.8, 4) is 0 Å². The SMILES string of the molecule is CCCCCCCCCCN(c1ccccc1)[SH](=O)=O. The molecule has 0 aliphatic rings. The third-order valence-electron chi connectivity index (χ3n) is 3.47. The van der Waals surface area contributed by atoms with E-state index in [1.165, 1.54) is 42.8 Å². The molecule has 0 spiro atoms. The fraction of sp³-hybridized carbons (Fsp3) is 0.625. The summed E-state index contributed by atoms with van der Waals surface area (Å²) >= 11 is 0. The van der Waals surface area contributed by atoms with Crippen LogP contribution in [0.25, 0.3) is 0 Å². The lowest BCUT2D eigenvalue weighted by Crippen LogP contribution is -2.22. The Morgan fingerprint density at radius 3 is 1.95 bits per heavy atom. The van der Waals surface area contributed by atoms with Crippen LogP contribution in [0.2, 0.25) is 0 Å². The molecule has 20 heavy (non-hydrogen) atoms. The largest absolute Gasteiger partial charge is 0.272 e. The van der Waals surface area contributed by atoms with Crippen LogP contribution < -0.4 is 4.31 Å². The van der Waals surface area contributed by atoms with Crippen LogP contribution in [0, 0.1) is 0 Å². The molecule has 0 aliphatic carbocycles. The number of rotatable bonds is 11. The molecule has 0 aliphatic heterocycles. The molecule has 0 N–H and O–H groups in total. The maximum atomic E-state index is 11.3. The van der Waals surface area contributed by atoms with Gasteiger partial charge >= 0.3 is 0 Å². The molecule has 0 aromatic heterocycles. The molecule has 0 fully saturated rings. The lowest BCUT2D eigenvalue weighted by Gasteiger charge is -2.17. The van der Waals surface area contributed by atoms with Gasteiger partial charge in [-0.2, -0.15) is 0 Å². The third-order valence-corrected chi connectivity index (χ3v) is 4.30. The molecular weight excluding hydrogens is 270 g/mol. The molecule has 0 saturated heterocycles. The van der Waals surface area contributed by atoms with Crippen molar-refractivity contribution in [3.05, 3.63) is 30.3 Å². The van der Waals surface area contributed by atoms with E-state index in [1.54, 1.807) is 0 Å². The Morgan fingerprint density at radius 1 is 0.850 bits per heavy atom. The molecule has 0 atom stereocenters. The van der Waals surface area contributed by atoms with Gasteiger partial charge in [0, 0.05) is 6.54 Å². The second-order valence-corrected chi connectivity index (χ2v) is 6.13. The maximum absolute atomic E-state index is 11.3. The van der Waals surface area contributed by atoms with Gasteiger partial charge < -0.3 is 0 Å². The van der Waals surface area contributed by atoms with Gasteiger partial charge in [-0.3, -0.25) is 4.31 Å². The van der Waals surface area contributed by atoms with E-state index in [2.05, 4.69) is 6.92 Å². The Kier molecular flexibility index (Phi) is 9.13. The van der Waals surface area contributed by atoms with Crippen molar-refractivity contribution < 1.29 is 8.42 Å². The smallest absolute Gasteiger partial charge is 0.225 e. The summed E-state index contributed by atoms with van der Waals surface area (Å²) in [5.74, 6) is 0. The molecule has 0 heterocycles. The van der Waals surface area contributed by atoms with Crippen molar-refractivity contribution in [2.45, 2.75) is 58.3 Å². The van der Waals surface area contributed by atoms with Gasteiger partial charge in [0.25, 0.3) is 0 Å². The van der Waals surface area contributed by atoms with Crippen molar-refractivity contribution in [2.75, 3.05) is 10.8 Å². The molecule has 0 bridgehead atoms. The van der Waals surface area contributed by atoms with Gasteiger partial charge in [-0.1, -0.05) is 70.1 Å². The fourth-order valence-corrected chi connectivity index (χ4v) is 2.93. The minimum absolute atomic E-state index is 0.595. The lowest BCUT2D eigenvalue weighted by molar-refractivity contribution is 0.574. The predicted octanol–water partition coefficient (Wildman–Crippen LogP) is 4.16. The Balaban J connectivity index is 2.21. The molecule has 1 rings (SSSR count). The molecule has 0 radical (unpaired) electrons. The van der Waals surface area contributed by atoms with Crippen LogP contribution in [0.1, 0.15) is 58.3 Å². The molecule has 1 aromatic rings. The van der Waals surface area contributed by atoms with Crippen molar-refractivity contribution in [3.63, 3.8) is 0 Å². The van der Waals surface area contributed by atoms with Crippen molar-refractivity contribution in [1.29, 1.82) is 0 Å². The van der Waals surface area contributed by atoms with Crippen LogP contribution in [0.4, 0.5) is 5.69 Å². The van der Waals surface area contributed by atoms with Crippen LogP contribution in [-0.2, 0) is 10.9 Å². The zero-order chi connectivity index (χ0) is 14.6. The molecule has 0 saturated carbocycles. The van der Waals surface area contributed by atoms with E-state index in [9.17, 15) is 8.42 Å². The average Bonchev–Trinajstić information content (AvgIpc) is 2.46. The predicted molar refractivity (Wildman–Crippen MR) is 86.7 cm³/mol. The van der Waals surface area contributed by atoms with Crippen LogP contribution in [-0.4, -0.2) is 15.0 Å². The van der Waals surface area contributed by atoms with Gasteiger partial charge in [-0.25, -0.2) is 8.42 Å². The van der Waals surface area contributed by atoms with Gasteiger partial charge in [0.2, 0.25) is 10.9 Å². The summed E-state index contributed by atoms with van der Waals surface area (Å²) in [6.07, 6.45) is 9.79. The van der Waals surface area contributed by atoms with Crippen LogP contribution in [0.5, 0.6) is 0 Å². The van der Waals surface area contributed by atoms with E-state index in [1.807, 2.05) is 30.3 Å². The number of hydrogen-bond acceptors (Lipinski definition) is 2. The van der Waals surface area contributed by atoms with E-state index in [4.69, 9.17) is 0 Å². The number of unbranched alkanes of at least 4 members (excludes halogenated alkanes) is 7. The maximum Gasteiger partial charge on any atom is 0.225 e. The van der Waals surface area contributed by atoms with Crippen molar-refractivity contribution in [2.24, 2.45) is 0 Å². The summed E-state index contributed by atoms with van der Waals surface area (Å²) in [6.45, 7) is 2.82. The third kappa shape index (κ3) is 6.94. The van der Waals surface area contributed by atoms with E-state index in [0.29, 0.717) is 6.54 Å². The fourth-order valence-electron chi connectivity index (χ4n) is 2.30. The van der Waals surface area contributed by atoms with Gasteiger partial charge in [0.15, 0.2) is 0 Å². The summed E-state index contributed by atoms with van der Waals surface area (Å²) < 4.78 is 24.1. The topological polar surface area (TPSA) is 37.4 Å². The Labute approximate surface area is 125 Å². The molecule has 1 aromatic carbocycles. The van der Waals surface area contributed by atoms with E-state index in [-0.39, 0.29) is 0 Å². The Hall–Kier alpha value is -1.03. The highest BCUT2D eigenvalue weighted by molar-refractivity contribution is 7.74. The summed E-state index contributed by atoms with van der Waals surface area (Å²) in [7, 11) is -2.54. The number of anilines is 1. The Bertz CT molecular complexity index is 410. The van der Waals surface area contributed by atoms with Gasteiger partial charge in [0.1, 0.15) is 0 Å². The zero-order valence-electron chi connectivity index (χ0n) is 12.5. The standard InChI is InChI=1S/C16H27NO2S/c1-2-3-4-5-6-7-8-12-15-17(20(18)19)16-13-10-9-11-14-16/h9-11,13-14,20H,2-8,12,15H2,1H3. The molecular formula is C16H27NO2S. The monoisotopic (exact) mass is 297 g/mol. The minimum Gasteiger partial charge on any atom is -0.272 e. The highest BCUT2D eigenvalue weighted by Gasteiger charge is 2.07. The Morgan fingerprint density at radius 2 is 1.40 bits per heavy atom. The lowest BCUT2D eigenvalue weighted by atomic mass is 10.1. The number of para-hydroxylation sites is 1. The van der Waals surface area contributed by atoms with E-state index < -0.39 is 10.9 Å². The second kappa shape index (κ2) is 10.7. The quantitative estimate of drug-likeness (QED) is 0.492. The van der Waals surface area contributed by atoms with E-state index in [0.717, 1.165) is 18.5 Å². The highest BCUT2D eigenvalue weighted by Crippen LogP contribution is 2.15. The summed E-state index contributed by atoms with van der Waals surface area (Å²) in [6, 6.07) is 9.32. The first-order valence-electron chi connectivity index (χ1n) is 7.72. The molecule has 114 valence electrons. The second-order valence-electron chi connectivity index (χ2n) is 5.17. The first-order valence-corrected chi connectivity index (χ1v) is 8.85. The molecule has 0 unspecified atom stereocenters. The average molecular weight is 297 g/mol. The minimum atomic E-state index is -2.54. The van der Waals surface area contributed by atoms with Crippen LogP contribution in [0.15, 0.2) is 30.3 Å². The van der Waals surface area contributed by atoms with Gasteiger partial charge in [-0.15, -0.1) is 0 Å². The first kappa shape index (κ1) is 17.0. The summed E-state index contributed by atoms with van der Waals surface area (Å²) in [5.41, 5.74) is 0.770. The summed E-state index contributed by atoms with van der Waals surface area (Å²) in [5, 5.41) is 0. The van der Waals surface area contributed by atoms with Crippen molar-refractivity contribution >= 4 is 16.6 Å². The zero-order valence-corrected chi connectivity index (χ0v) is 13.4. The summed E-state index contributed by atoms with van der Waals surface area (Å²) in [4.78, 5) is 0. The molecule has 4 heteroatoms. The number of thiol groups is 1. The normalized spacial score (nSPS) is 10.9. The highest BCUT2D eigenvalue weighted by atomic mass is 32.2.